The summed E-state index contributed by atoms with van der Waals surface area (Å²) < 4.78 is 3.68. The Morgan fingerprint density at radius 1 is 1.04 bits per heavy atom. The zero-order chi connectivity index (χ0) is 18.0. The van der Waals surface area contributed by atoms with Crippen molar-refractivity contribution in [3.05, 3.63) is 64.7 Å². The molecule has 25 heavy (non-hydrogen) atoms. The number of rotatable bonds is 5. The molecule has 0 saturated carbocycles. The van der Waals surface area contributed by atoms with Gasteiger partial charge in [-0.15, -0.1) is 0 Å². The molecule has 1 aromatic carbocycles. The van der Waals surface area contributed by atoms with Gasteiger partial charge in [-0.05, 0) is 57.5 Å². The normalized spacial score (nSPS) is 10.9. The molecule has 3 aromatic rings. The molecular formula is C19H23N5O. The highest BCUT2D eigenvalue weighted by molar-refractivity contribution is 6.03. The minimum atomic E-state index is -0.147. The highest BCUT2D eigenvalue weighted by Crippen LogP contribution is 2.15. The SMILES string of the molecule is CCn1nc(C)cc1C(=O)Nc1cccc(Cn2nc(C)cc2C)c1. The van der Waals surface area contributed by atoms with E-state index < -0.39 is 0 Å². The van der Waals surface area contributed by atoms with Crippen LogP contribution in [0.1, 0.15) is 40.1 Å². The molecule has 6 nitrogen and oxygen atoms in total. The molecule has 1 N–H and O–H groups in total. The quantitative estimate of drug-likeness (QED) is 0.777. The number of aromatic nitrogens is 4. The van der Waals surface area contributed by atoms with Crippen molar-refractivity contribution in [2.45, 2.75) is 40.8 Å². The van der Waals surface area contributed by atoms with Crippen molar-refractivity contribution < 1.29 is 4.79 Å². The van der Waals surface area contributed by atoms with Gasteiger partial charge in [0.25, 0.3) is 5.91 Å². The minimum Gasteiger partial charge on any atom is -0.321 e. The van der Waals surface area contributed by atoms with E-state index in [0.29, 0.717) is 18.8 Å². The number of carbonyl (C=O) groups is 1. The van der Waals surface area contributed by atoms with Gasteiger partial charge >= 0.3 is 0 Å². The maximum Gasteiger partial charge on any atom is 0.273 e. The molecular weight excluding hydrogens is 314 g/mol. The van der Waals surface area contributed by atoms with Crippen LogP contribution in [0.3, 0.4) is 0 Å². The fraction of sp³-hybridized carbons (Fsp3) is 0.316. The lowest BCUT2D eigenvalue weighted by Crippen LogP contribution is -2.17. The number of hydrogen-bond acceptors (Lipinski definition) is 3. The Morgan fingerprint density at radius 3 is 2.44 bits per heavy atom. The predicted molar refractivity (Wildman–Crippen MR) is 97.8 cm³/mol. The van der Waals surface area contributed by atoms with Crippen LogP contribution in [0.2, 0.25) is 0 Å². The summed E-state index contributed by atoms with van der Waals surface area (Å²) in [5.74, 6) is -0.147. The summed E-state index contributed by atoms with van der Waals surface area (Å²) in [4.78, 5) is 12.5. The molecule has 1 amide bonds. The van der Waals surface area contributed by atoms with Crippen LogP contribution < -0.4 is 5.32 Å². The third-order valence-corrected chi connectivity index (χ3v) is 4.05. The molecule has 2 heterocycles. The van der Waals surface area contributed by atoms with Crippen molar-refractivity contribution in [1.82, 2.24) is 19.6 Å². The number of anilines is 1. The summed E-state index contributed by atoms with van der Waals surface area (Å²) in [6.07, 6.45) is 0. The van der Waals surface area contributed by atoms with E-state index in [1.54, 1.807) is 10.7 Å². The van der Waals surface area contributed by atoms with Crippen LogP contribution in [-0.4, -0.2) is 25.5 Å². The molecule has 130 valence electrons. The van der Waals surface area contributed by atoms with Crippen molar-refractivity contribution in [2.75, 3.05) is 5.32 Å². The van der Waals surface area contributed by atoms with Gasteiger partial charge in [-0.25, -0.2) is 0 Å². The van der Waals surface area contributed by atoms with Crippen molar-refractivity contribution in [2.24, 2.45) is 0 Å². The first-order valence-electron chi connectivity index (χ1n) is 8.42. The van der Waals surface area contributed by atoms with Crippen LogP contribution >= 0.6 is 0 Å². The highest BCUT2D eigenvalue weighted by atomic mass is 16.2. The van der Waals surface area contributed by atoms with E-state index >= 15 is 0 Å². The van der Waals surface area contributed by atoms with Crippen molar-refractivity contribution in [1.29, 1.82) is 0 Å². The van der Waals surface area contributed by atoms with Gasteiger partial charge in [0.05, 0.1) is 17.9 Å². The van der Waals surface area contributed by atoms with E-state index in [1.165, 1.54) is 0 Å². The molecule has 0 atom stereocenters. The average Bonchev–Trinajstić information content (AvgIpc) is 3.09. The second-order valence-electron chi connectivity index (χ2n) is 6.23. The number of amides is 1. The van der Waals surface area contributed by atoms with E-state index in [2.05, 4.69) is 21.6 Å². The number of nitrogens with one attached hydrogen (secondary N) is 1. The van der Waals surface area contributed by atoms with E-state index in [4.69, 9.17) is 0 Å². The highest BCUT2D eigenvalue weighted by Gasteiger charge is 2.13. The van der Waals surface area contributed by atoms with Gasteiger partial charge in [0.15, 0.2) is 0 Å². The van der Waals surface area contributed by atoms with Gasteiger partial charge in [-0.3, -0.25) is 14.2 Å². The second kappa shape index (κ2) is 6.93. The molecule has 0 unspecified atom stereocenters. The summed E-state index contributed by atoms with van der Waals surface area (Å²) in [6.45, 7) is 9.22. The summed E-state index contributed by atoms with van der Waals surface area (Å²) in [6, 6.07) is 11.7. The maximum atomic E-state index is 12.5. The molecule has 0 aliphatic rings. The third kappa shape index (κ3) is 3.79. The zero-order valence-electron chi connectivity index (χ0n) is 15.1. The number of benzene rings is 1. The maximum absolute atomic E-state index is 12.5. The second-order valence-corrected chi connectivity index (χ2v) is 6.23. The van der Waals surface area contributed by atoms with Crippen LogP contribution in [0.15, 0.2) is 36.4 Å². The molecule has 0 fully saturated rings. The lowest BCUT2D eigenvalue weighted by atomic mass is 10.2. The van der Waals surface area contributed by atoms with E-state index in [9.17, 15) is 4.79 Å². The molecule has 0 bridgehead atoms. The van der Waals surface area contributed by atoms with Gasteiger partial charge in [-0.2, -0.15) is 10.2 Å². The fourth-order valence-electron chi connectivity index (χ4n) is 2.92. The lowest BCUT2D eigenvalue weighted by Gasteiger charge is -2.09. The topological polar surface area (TPSA) is 64.7 Å². The van der Waals surface area contributed by atoms with E-state index in [1.807, 2.05) is 56.6 Å². The first-order valence-corrected chi connectivity index (χ1v) is 8.42. The lowest BCUT2D eigenvalue weighted by molar-refractivity contribution is 0.101. The minimum absolute atomic E-state index is 0.147. The van der Waals surface area contributed by atoms with Crippen molar-refractivity contribution in [3.8, 4) is 0 Å². The summed E-state index contributed by atoms with van der Waals surface area (Å²) in [5.41, 5.74) is 5.39. The standard InChI is InChI=1S/C19H23N5O/c1-5-23-18(10-14(3)21-23)19(25)20-17-8-6-7-16(11-17)12-24-15(4)9-13(2)22-24/h6-11H,5,12H2,1-4H3,(H,20,25). The van der Waals surface area contributed by atoms with Crippen LogP contribution in [0, 0.1) is 20.8 Å². The molecule has 0 aliphatic carbocycles. The smallest absolute Gasteiger partial charge is 0.273 e. The van der Waals surface area contributed by atoms with Gasteiger partial charge in [0.2, 0.25) is 0 Å². The Bertz CT molecular complexity index is 906. The van der Waals surface area contributed by atoms with Crippen LogP contribution in [0.25, 0.3) is 0 Å². The number of aryl methyl sites for hydroxylation is 4. The Kier molecular flexibility index (Phi) is 4.70. The summed E-state index contributed by atoms with van der Waals surface area (Å²) >= 11 is 0. The average molecular weight is 337 g/mol. The monoisotopic (exact) mass is 337 g/mol. The number of carbonyl (C=O) groups excluding carboxylic acids is 1. The Labute approximate surface area is 147 Å². The molecule has 0 spiro atoms. The summed E-state index contributed by atoms with van der Waals surface area (Å²) in [5, 5.41) is 11.8. The van der Waals surface area contributed by atoms with E-state index in [0.717, 1.165) is 28.3 Å². The van der Waals surface area contributed by atoms with Gasteiger partial charge in [0.1, 0.15) is 5.69 Å². The molecule has 6 heteroatoms. The predicted octanol–water partition coefficient (Wildman–Crippen LogP) is 3.33. The zero-order valence-corrected chi connectivity index (χ0v) is 15.1. The van der Waals surface area contributed by atoms with Crippen LogP contribution in [-0.2, 0) is 13.1 Å². The van der Waals surface area contributed by atoms with Gasteiger partial charge < -0.3 is 5.32 Å². The fourth-order valence-corrected chi connectivity index (χ4v) is 2.92. The summed E-state index contributed by atoms with van der Waals surface area (Å²) in [7, 11) is 0. The van der Waals surface area contributed by atoms with Crippen molar-refractivity contribution >= 4 is 11.6 Å². The first kappa shape index (κ1) is 17.0. The Hall–Kier alpha value is -2.89. The molecule has 0 saturated heterocycles. The van der Waals surface area contributed by atoms with Crippen LogP contribution in [0.4, 0.5) is 5.69 Å². The van der Waals surface area contributed by atoms with Gasteiger partial charge in [0, 0.05) is 17.9 Å². The molecule has 0 radical (unpaired) electrons. The number of nitrogens with zero attached hydrogens (tertiary/aromatic N) is 4. The largest absolute Gasteiger partial charge is 0.321 e. The van der Waals surface area contributed by atoms with Crippen molar-refractivity contribution in [3.63, 3.8) is 0 Å². The number of hydrogen-bond donors (Lipinski definition) is 1. The molecule has 2 aromatic heterocycles. The van der Waals surface area contributed by atoms with Crippen LogP contribution in [0.5, 0.6) is 0 Å². The molecule has 0 aliphatic heterocycles. The third-order valence-electron chi connectivity index (χ3n) is 4.05. The Morgan fingerprint density at radius 2 is 1.76 bits per heavy atom. The van der Waals surface area contributed by atoms with Gasteiger partial charge in [-0.1, -0.05) is 12.1 Å². The Balaban J connectivity index is 1.77. The molecule has 3 rings (SSSR count). The first-order chi connectivity index (χ1) is 12.0. The van der Waals surface area contributed by atoms with E-state index in [-0.39, 0.29) is 5.91 Å².